The molecule has 0 spiro atoms. The monoisotopic (exact) mass is 382 g/mol. The molecule has 146 valence electrons. The van der Waals surface area contributed by atoms with E-state index in [0.29, 0.717) is 17.3 Å². The van der Waals surface area contributed by atoms with Crippen LogP contribution in [0.3, 0.4) is 0 Å². The van der Waals surface area contributed by atoms with Crippen molar-refractivity contribution in [2.24, 2.45) is 17.6 Å². The van der Waals surface area contributed by atoms with Crippen LogP contribution in [-0.4, -0.2) is 22.8 Å². The second-order valence-corrected chi connectivity index (χ2v) is 7.70. The van der Waals surface area contributed by atoms with E-state index in [-0.39, 0.29) is 29.7 Å². The number of fused-ring (bicyclic) bond motifs is 1. The van der Waals surface area contributed by atoms with E-state index < -0.39 is 5.91 Å². The number of pyridine rings is 1. The van der Waals surface area contributed by atoms with E-state index in [9.17, 15) is 14.0 Å². The number of primary amides is 1. The van der Waals surface area contributed by atoms with E-state index in [2.05, 4.69) is 17.2 Å². The molecule has 3 N–H and O–H groups in total. The quantitative estimate of drug-likeness (QED) is 0.850. The van der Waals surface area contributed by atoms with Crippen molar-refractivity contribution in [1.29, 1.82) is 0 Å². The first-order valence-corrected chi connectivity index (χ1v) is 9.48. The minimum Gasteiger partial charge on any atom is -0.366 e. The molecule has 2 aliphatic rings. The Kier molecular flexibility index (Phi) is 4.53. The van der Waals surface area contributed by atoms with Gasteiger partial charge in [-0.3, -0.25) is 9.59 Å². The Morgan fingerprint density at radius 3 is 2.57 bits per heavy atom. The molecule has 2 amide bonds. The smallest absolute Gasteiger partial charge is 0.250 e. The van der Waals surface area contributed by atoms with Gasteiger partial charge in [0.1, 0.15) is 11.6 Å². The number of benzene rings is 1. The van der Waals surface area contributed by atoms with Crippen LogP contribution in [0.1, 0.15) is 48.7 Å². The highest BCUT2D eigenvalue weighted by Crippen LogP contribution is 2.50. The van der Waals surface area contributed by atoms with Crippen LogP contribution in [0.15, 0.2) is 36.5 Å². The third-order valence-corrected chi connectivity index (χ3v) is 5.74. The normalized spacial score (nSPS) is 23.8. The van der Waals surface area contributed by atoms with Gasteiger partial charge in [0.15, 0.2) is 0 Å². The first-order chi connectivity index (χ1) is 13.4. The Labute approximate surface area is 162 Å². The summed E-state index contributed by atoms with van der Waals surface area (Å²) in [5, 5.41) is 3.38. The molecule has 1 aromatic carbocycles. The van der Waals surface area contributed by atoms with Crippen LogP contribution in [0.25, 0.3) is 0 Å². The number of aromatic nitrogens is 1. The van der Waals surface area contributed by atoms with Gasteiger partial charge < -0.3 is 16.0 Å². The molecule has 1 aliphatic heterocycles. The number of amides is 2. The zero-order valence-corrected chi connectivity index (χ0v) is 15.9. The van der Waals surface area contributed by atoms with Gasteiger partial charge in [-0.15, -0.1) is 0 Å². The predicted octanol–water partition coefficient (Wildman–Crippen LogP) is 3.25. The topological polar surface area (TPSA) is 88.3 Å². The second-order valence-electron chi connectivity index (χ2n) is 7.70. The summed E-state index contributed by atoms with van der Waals surface area (Å²) in [7, 11) is 0. The van der Waals surface area contributed by atoms with Gasteiger partial charge in [-0.2, -0.15) is 0 Å². The van der Waals surface area contributed by atoms with Crippen molar-refractivity contribution >= 4 is 23.3 Å². The Morgan fingerprint density at radius 1 is 1.25 bits per heavy atom. The third kappa shape index (κ3) is 3.21. The van der Waals surface area contributed by atoms with Gasteiger partial charge in [0.25, 0.3) is 0 Å². The number of nitrogens with two attached hydrogens (primary N) is 1. The van der Waals surface area contributed by atoms with Crippen LogP contribution in [0.2, 0.25) is 0 Å². The maximum absolute atomic E-state index is 14.1. The van der Waals surface area contributed by atoms with Crippen LogP contribution < -0.4 is 16.0 Å². The highest BCUT2D eigenvalue weighted by atomic mass is 19.1. The number of carbonyl (C=O) groups is 2. The molecule has 1 fully saturated rings. The lowest BCUT2D eigenvalue weighted by molar-refractivity contribution is -0.117. The molecule has 2 aromatic rings. The molecule has 1 aliphatic carbocycles. The summed E-state index contributed by atoms with van der Waals surface area (Å²) >= 11 is 0. The van der Waals surface area contributed by atoms with E-state index in [0.717, 1.165) is 24.1 Å². The summed E-state index contributed by atoms with van der Waals surface area (Å²) < 4.78 is 14.1. The lowest BCUT2D eigenvalue weighted by Gasteiger charge is -2.45. The molecule has 1 aromatic heterocycles. The van der Waals surface area contributed by atoms with Gasteiger partial charge in [-0.1, -0.05) is 6.92 Å². The number of hydrogen-bond donors (Lipinski definition) is 2. The Morgan fingerprint density at radius 2 is 2.00 bits per heavy atom. The predicted molar refractivity (Wildman–Crippen MR) is 104 cm³/mol. The van der Waals surface area contributed by atoms with E-state index in [1.165, 1.54) is 18.3 Å². The van der Waals surface area contributed by atoms with Crippen LogP contribution in [0.5, 0.6) is 0 Å². The first kappa shape index (κ1) is 18.4. The number of halogens is 1. The molecule has 2 heterocycles. The van der Waals surface area contributed by atoms with E-state index in [4.69, 9.17) is 5.73 Å². The first-order valence-electron chi connectivity index (χ1n) is 9.48. The lowest BCUT2D eigenvalue weighted by Crippen LogP contribution is -2.51. The van der Waals surface area contributed by atoms with Gasteiger partial charge in [0.05, 0.1) is 11.6 Å². The molecular formula is C21H23FN4O2. The van der Waals surface area contributed by atoms with Gasteiger partial charge in [0, 0.05) is 36.3 Å². The number of nitrogens with zero attached hydrogens (tertiary/aromatic N) is 2. The zero-order chi connectivity index (χ0) is 20.0. The highest BCUT2D eigenvalue weighted by Gasteiger charge is 2.47. The van der Waals surface area contributed by atoms with Gasteiger partial charge in [0.2, 0.25) is 11.8 Å². The largest absolute Gasteiger partial charge is 0.366 e. The molecule has 4 rings (SSSR count). The van der Waals surface area contributed by atoms with Crippen molar-refractivity contribution in [3.63, 3.8) is 0 Å². The average molecular weight is 382 g/mol. The maximum Gasteiger partial charge on any atom is 0.250 e. The molecule has 0 bridgehead atoms. The fourth-order valence-electron chi connectivity index (χ4n) is 4.32. The van der Waals surface area contributed by atoms with Crippen molar-refractivity contribution in [3.8, 4) is 0 Å². The SMILES string of the molecule is CC(=O)N1c2ccc(F)cc2[C@H](Nc2ccc(C(N)=O)cn2)[C@@H](C)[C@H]1C1CC1. The van der Waals surface area contributed by atoms with E-state index >= 15 is 0 Å². The molecule has 7 heteroatoms. The third-order valence-electron chi connectivity index (χ3n) is 5.74. The minimum absolute atomic E-state index is 0.0287. The van der Waals surface area contributed by atoms with Crippen molar-refractivity contribution in [3.05, 3.63) is 53.5 Å². The molecular weight excluding hydrogens is 359 g/mol. The molecule has 1 saturated carbocycles. The Hall–Kier alpha value is -2.96. The zero-order valence-electron chi connectivity index (χ0n) is 15.9. The summed E-state index contributed by atoms with van der Waals surface area (Å²) in [6.07, 6.45) is 3.60. The van der Waals surface area contributed by atoms with Gasteiger partial charge in [-0.25, -0.2) is 9.37 Å². The van der Waals surface area contributed by atoms with Crippen molar-refractivity contribution in [1.82, 2.24) is 4.98 Å². The fourth-order valence-corrected chi connectivity index (χ4v) is 4.32. The number of hydrogen-bond acceptors (Lipinski definition) is 4. The van der Waals surface area contributed by atoms with E-state index in [1.54, 1.807) is 25.1 Å². The minimum atomic E-state index is -0.539. The Bertz CT molecular complexity index is 927. The second kappa shape index (κ2) is 6.89. The van der Waals surface area contributed by atoms with Crippen LogP contribution >= 0.6 is 0 Å². The molecule has 6 nitrogen and oxygen atoms in total. The highest BCUT2D eigenvalue weighted by molar-refractivity contribution is 5.94. The summed E-state index contributed by atoms with van der Waals surface area (Å²) in [6.45, 7) is 3.65. The van der Waals surface area contributed by atoms with Crippen molar-refractivity contribution in [2.75, 3.05) is 10.2 Å². The van der Waals surface area contributed by atoms with Gasteiger partial charge >= 0.3 is 0 Å². The number of nitrogens with one attached hydrogen (secondary N) is 1. The van der Waals surface area contributed by atoms with Crippen LogP contribution in [0, 0.1) is 17.7 Å². The average Bonchev–Trinajstić information content (AvgIpc) is 3.48. The maximum atomic E-state index is 14.1. The number of carbonyl (C=O) groups excluding carboxylic acids is 2. The van der Waals surface area contributed by atoms with E-state index in [1.807, 2.05) is 4.90 Å². The fraction of sp³-hybridized carbons (Fsp3) is 0.381. The number of rotatable bonds is 4. The molecule has 0 radical (unpaired) electrons. The van der Waals surface area contributed by atoms with Gasteiger partial charge in [-0.05, 0) is 49.1 Å². The standard InChI is InChI=1S/C21H23FN4O2/c1-11-19(25-18-8-5-14(10-24-18)21(23)28)16-9-15(22)6-7-17(16)26(12(2)27)20(11)13-3-4-13/h5-11,13,19-20H,3-4H2,1-2H3,(H2,23,28)(H,24,25)/t11-,19-,20+/m1/s1. The summed E-state index contributed by atoms with van der Waals surface area (Å²) in [5.41, 5.74) is 7.08. The Balaban J connectivity index is 1.74. The van der Waals surface area contributed by atoms with Crippen molar-refractivity contribution in [2.45, 2.75) is 38.8 Å². The lowest BCUT2D eigenvalue weighted by atomic mass is 9.80. The van der Waals surface area contributed by atoms with Crippen LogP contribution in [0.4, 0.5) is 15.9 Å². The molecule has 0 saturated heterocycles. The summed E-state index contributed by atoms with van der Waals surface area (Å²) in [5.74, 6) is 0.170. The molecule has 0 unspecified atom stereocenters. The summed E-state index contributed by atoms with van der Waals surface area (Å²) in [6, 6.07) is 7.71. The summed E-state index contributed by atoms with van der Waals surface area (Å²) in [4.78, 5) is 29.8. The molecule has 28 heavy (non-hydrogen) atoms. The molecule has 3 atom stereocenters. The van der Waals surface area contributed by atoms with Crippen molar-refractivity contribution < 1.29 is 14.0 Å². The number of anilines is 2. The van der Waals surface area contributed by atoms with Crippen LogP contribution in [-0.2, 0) is 4.79 Å².